The van der Waals surface area contributed by atoms with Crippen LogP contribution in [0.3, 0.4) is 0 Å². The SMILES string of the molecule is O=C(OC1C(CO)CC2CC(O)CC1C2)c1ccccc1. The number of fused-ring (bicyclic) bond motifs is 2. The third-order valence-corrected chi connectivity index (χ3v) is 4.87. The molecule has 2 aliphatic rings. The van der Waals surface area contributed by atoms with Crippen molar-refractivity contribution in [1.29, 1.82) is 0 Å². The molecule has 4 heteroatoms. The van der Waals surface area contributed by atoms with E-state index in [0.29, 0.717) is 17.9 Å². The van der Waals surface area contributed by atoms with Gasteiger partial charge in [-0.15, -0.1) is 0 Å². The number of esters is 1. The van der Waals surface area contributed by atoms with Gasteiger partial charge in [-0.1, -0.05) is 18.2 Å². The maximum absolute atomic E-state index is 12.3. The Hall–Kier alpha value is -1.39. The molecule has 2 bridgehead atoms. The minimum absolute atomic E-state index is 0.00564. The number of carbonyl (C=O) groups is 1. The summed E-state index contributed by atoms with van der Waals surface area (Å²) >= 11 is 0. The van der Waals surface area contributed by atoms with Gasteiger partial charge in [-0.05, 0) is 49.7 Å². The van der Waals surface area contributed by atoms with Crippen LogP contribution in [0.5, 0.6) is 0 Å². The molecular weight excluding hydrogens is 268 g/mol. The Morgan fingerprint density at radius 3 is 2.62 bits per heavy atom. The van der Waals surface area contributed by atoms with E-state index < -0.39 is 0 Å². The van der Waals surface area contributed by atoms with E-state index in [1.165, 1.54) is 0 Å². The lowest BCUT2D eigenvalue weighted by Gasteiger charge is -2.45. The molecule has 5 atom stereocenters. The molecule has 0 aromatic heterocycles. The molecule has 0 amide bonds. The van der Waals surface area contributed by atoms with Crippen LogP contribution < -0.4 is 0 Å². The summed E-state index contributed by atoms with van der Waals surface area (Å²) in [4.78, 5) is 12.3. The van der Waals surface area contributed by atoms with Crippen LogP contribution in [-0.4, -0.2) is 35.0 Å². The van der Waals surface area contributed by atoms with Crippen LogP contribution in [0, 0.1) is 17.8 Å². The van der Waals surface area contributed by atoms with Gasteiger partial charge in [-0.3, -0.25) is 0 Å². The minimum Gasteiger partial charge on any atom is -0.458 e. The van der Waals surface area contributed by atoms with E-state index in [1.54, 1.807) is 24.3 Å². The minimum atomic E-state index is -0.336. The molecular formula is C17H22O4. The average Bonchev–Trinajstić information content (AvgIpc) is 2.50. The maximum Gasteiger partial charge on any atom is 0.338 e. The second-order valence-corrected chi connectivity index (χ2v) is 6.40. The molecule has 0 aliphatic heterocycles. The summed E-state index contributed by atoms with van der Waals surface area (Å²) in [5.41, 5.74) is 0.535. The molecule has 0 saturated heterocycles. The van der Waals surface area contributed by atoms with Crippen LogP contribution in [0.25, 0.3) is 0 Å². The van der Waals surface area contributed by atoms with Gasteiger partial charge >= 0.3 is 5.97 Å². The number of aliphatic hydroxyl groups excluding tert-OH is 2. The Balaban J connectivity index is 1.74. The predicted molar refractivity (Wildman–Crippen MR) is 77.7 cm³/mol. The Bertz CT molecular complexity index is 485. The number of benzene rings is 1. The Labute approximate surface area is 124 Å². The van der Waals surface area contributed by atoms with Crippen molar-refractivity contribution in [1.82, 2.24) is 0 Å². The van der Waals surface area contributed by atoms with E-state index in [2.05, 4.69) is 0 Å². The first-order chi connectivity index (χ1) is 10.2. The number of aliphatic hydroxyl groups is 2. The molecule has 0 heterocycles. The van der Waals surface area contributed by atoms with Crippen LogP contribution in [0.2, 0.25) is 0 Å². The number of carbonyl (C=O) groups excluding carboxylic acids is 1. The summed E-state index contributed by atoms with van der Waals surface area (Å²) in [5.74, 6) is 0.270. The highest BCUT2D eigenvalue weighted by Gasteiger charge is 2.44. The molecule has 0 spiro atoms. The van der Waals surface area contributed by atoms with Gasteiger partial charge in [0, 0.05) is 12.5 Å². The van der Waals surface area contributed by atoms with Crippen molar-refractivity contribution in [3.05, 3.63) is 35.9 Å². The molecule has 1 aromatic rings. The molecule has 2 fully saturated rings. The monoisotopic (exact) mass is 290 g/mol. The van der Waals surface area contributed by atoms with Gasteiger partial charge in [0.2, 0.25) is 0 Å². The summed E-state index contributed by atoms with van der Waals surface area (Å²) in [5, 5.41) is 19.6. The van der Waals surface area contributed by atoms with Gasteiger partial charge < -0.3 is 14.9 Å². The fourth-order valence-corrected chi connectivity index (χ4v) is 4.00. The van der Waals surface area contributed by atoms with Gasteiger partial charge in [-0.25, -0.2) is 4.79 Å². The quantitative estimate of drug-likeness (QED) is 0.836. The average molecular weight is 290 g/mol. The van der Waals surface area contributed by atoms with E-state index in [4.69, 9.17) is 4.74 Å². The van der Waals surface area contributed by atoms with Gasteiger partial charge in [-0.2, -0.15) is 0 Å². The number of hydrogen-bond donors (Lipinski definition) is 2. The normalized spacial score (nSPS) is 35.2. The summed E-state index contributed by atoms with van der Waals surface area (Å²) in [6.45, 7) is 0.0375. The lowest BCUT2D eigenvalue weighted by molar-refractivity contribution is -0.0854. The van der Waals surface area contributed by atoms with Gasteiger partial charge in [0.15, 0.2) is 0 Å². The maximum atomic E-state index is 12.3. The van der Waals surface area contributed by atoms with Crippen LogP contribution in [0.4, 0.5) is 0 Å². The summed E-state index contributed by atoms with van der Waals surface area (Å²) in [7, 11) is 0. The summed E-state index contributed by atoms with van der Waals surface area (Å²) < 4.78 is 5.70. The molecule has 4 nitrogen and oxygen atoms in total. The molecule has 2 aliphatic carbocycles. The van der Waals surface area contributed by atoms with E-state index >= 15 is 0 Å². The zero-order valence-corrected chi connectivity index (χ0v) is 12.0. The zero-order chi connectivity index (χ0) is 14.8. The lowest BCUT2D eigenvalue weighted by Crippen LogP contribution is -2.46. The summed E-state index contributed by atoms with van der Waals surface area (Å²) in [6.07, 6.45) is 2.71. The van der Waals surface area contributed by atoms with Crippen LogP contribution in [0.1, 0.15) is 36.0 Å². The van der Waals surface area contributed by atoms with Crippen LogP contribution in [-0.2, 0) is 4.74 Å². The molecule has 1 aromatic carbocycles. The zero-order valence-electron chi connectivity index (χ0n) is 12.0. The highest BCUT2D eigenvalue weighted by molar-refractivity contribution is 5.89. The predicted octanol–water partition coefficient (Wildman–Crippen LogP) is 2.00. The van der Waals surface area contributed by atoms with Crippen molar-refractivity contribution in [2.24, 2.45) is 17.8 Å². The third kappa shape index (κ3) is 3.11. The first-order valence-corrected chi connectivity index (χ1v) is 7.72. The fraction of sp³-hybridized carbons (Fsp3) is 0.588. The molecule has 0 radical (unpaired) electrons. The Morgan fingerprint density at radius 2 is 1.90 bits per heavy atom. The smallest absolute Gasteiger partial charge is 0.338 e. The van der Waals surface area contributed by atoms with E-state index in [9.17, 15) is 15.0 Å². The van der Waals surface area contributed by atoms with Crippen molar-refractivity contribution < 1.29 is 19.7 Å². The molecule has 2 N–H and O–H groups in total. The van der Waals surface area contributed by atoms with E-state index in [-0.39, 0.29) is 36.6 Å². The molecule has 2 saturated carbocycles. The van der Waals surface area contributed by atoms with Crippen molar-refractivity contribution in [3.63, 3.8) is 0 Å². The highest BCUT2D eigenvalue weighted by Crippen LogP contribution is 2.44. The Morgan fingerprint density at radius 1 is 1.14 bits per heavy atom. The second-order valence-electron chi connectivity index (χ2n) is 6.40. The standard InChI is InChI=1S/C17H22O4/c18-10-14-7-11-6-13(9-15(19)8-11)16(14)21-17(20)12-4-2-1-3-5-12/h1-5,11,13-16,18-19H,6-10H2. The largest absolute Gasteiger partial charge is 0.458 e. The van der Waals surface area contributed by atoms with Crippen molar-refractivity contribution in [2.45, 2.75) is 37.9 Å². The lowest BCUT2D eigenvalue weighted by atomic mass is 9.65. The van der Waals surface area contributed by atoms with Crippen molar-refractivity contribution in [3.8, 4) is 0 Å². The highest BCUT2D eigenvalue weighted by atomic mass is 16.5. The van der Waals surface area contributed by atoms with Gasteiger partial charge in [0.1, 0.15) is 6.10 Å². The topological polar surface area (TPSA) is 66.8 Å². The van der Waals surface area contributed by atoms with Gasteiger partial charge in [0.25, 0.3) is 0 Å². The number of ether oxygens (including phenoxy) is 1. The van der Waals surface area contributed by atoms with Crippen LogP contribution in [0.15, 0.2) is 30.3 Å². The first-order valence-electron chi connectivity index (χ1n) is 7.72. The summed E-state index contributed by atoms with van der Waals surface area (Å²) in [6, 6.07) is 8.94. The molecule has 21 heavy (non-hydrogen) atoms. The van der Waals surface area contributed by atoms with Crippen LogP contribution >= 0.6 is 0 Å². The number of rotatable bonds is 3. The molecule has 5 unspecified atom stereocenters. The van der Waals surface area contributed by atoms with Crippen molar-refractivity contribution >= 4 is 5.97 Å². The first kappa shape index (κ1) is 14.5. The second kappa shape index (κ2) is 6.16. The van der Waals surface area contributed by atoms with E-state index in [1.807, 2.05) is 6.07 Å². The fourth-order valence-electron chi connectivity index (χ4n) is 4.00. The van der Waals surface area contributed by atoms with E-state index in [0.717, 1.165) is 19.3 Å². The third-order valence-electron chi connectivity index (χ3n) is 4.87. The number of hydrogen-bond acceptors (Lipinski definition) is 4. The van der Waals surface area contributed by atoms with Gasteiger partial charge in [0.05, 0.1) is 11.7 Å². The molecule has 114 valence electrons. The Kier molecular flexibility index (Phi) is 4.27. The van der Waals surface area contributed by atoms with Crippen molar-refractivity contribution in [2.75, 3.05) is 6.61 Å². The molecule has 3 rings (SSSR count).